The van der Waals surface area contributed by atoms with Crippen LogP contribution in [0.5, 0.6) is 0 Å². The molecule has 30 heavy (non-hydrogen) atoms. The first-order valence-corrected chi connectivity index (χ1v) is 11.9. The summed E-state index contributed by atoms with van der Waals surface area (Å²) in [6, 6.07) is 3.83. The lowest BCUT2D eigenvalue weighted by Crippen LogP contribution is -2.47. The molecule has 1 aliphatic carbocycles. The van der Waals surface area contributed by atoms with Gasteiger partial charge in [0.2, 0.25) is 17.7 Å². The molecule has 8 nitrogen and oxygen atoms in total. The fraction of sp³-hybridized carbons (Fsp3) is 0.368. The molecule has 1 unspecified atom stereocenters. The van der Waals surface area contributed by atoms with Crippen LogP contribution in [0.3, 0.4) is 0 Å². The molecule has 3 aromatic heterocycles. The number of halogens is 1. The molecular formula is C19H19ClN6O2S2. The third kappa shape index (κ3) is 3.42. The van der Waals surface area contributed by atoms with Crippen LogP contribution in [0.1, 0.15) is 36.5 Å². The molecule has 2 atom stereocenters. The van der Waals surface area contributed by atoms with E-state index in [1.165, 1.54) is 15.6 Å². The average molecular weight is 463 g/mol. The van der Waals surface area contributed by atoms with Crippen molar-refractivity contribution in [3.8, 4) is 21.9 Å². The SMILES string of the molecule is CN1C(N)=N[C@](C)(c2sc(-c3cncc(-c4nnc(C5CC5)o4)c3)cc2Cl)CS1=O. The first kappa shape index (κ1) is 19.7. The number of hydrogen-bond donors (Lipinski definition) is 1. The average Bonchev–Trinajstić information content (AvgIpc) is 3.30. The minimum Gasteiger partial charge on any atom is -0.420 e. The summed E-state index contributed by atoms with van der Waals surface area (Å²) in [6.45, 7) is 1.90. The molecule has 0 radical (unpaired) electrons. The molecule has 2 aliphatic rings. The van der Waals surface area contributed by atoms with Gasteiger partial charge >= 0.3 is 0 Å². The molecule has 1 aliphatic heterocycles. The summed E-state index contributed by atoms with van der Waals surface area (Å²) in [7, 11) is 0.398. The smallest absolute Gasteiger partial charge is 0.249 e. The Morgan fingerprint density at radius 1 is 1.30 bits per heavy atom. The Bertz CT molecular complexity index is 1190. The van der Waals surface area contributed by atoms with Crippen LogP contribution in [0.4, 0.5) is 0 Å². The molecule has 1 saturated carbocycles. The molecular weight excluding hydrogens is 444 g/mol. The first-order valence-electron chi connectivity index (χ1n) is 9.40. The van der Waals surface area contributed by atoms with E-state index < -0.39 is 16.5 Å². The molecule has 11 heteroatoms. The maximum absolute atomic E-state index is 12.4. The third-order valence-electron chi connectivity index (χ3n) is 5.21. The number of nitrogens with two attached hydrogens (primary N) is 1. The van der Waals surface area contributed by atoms with Crippen molar-refractivity contribution in [1.29, 1.82) is 0 Å². The topological polar surface area (TPSA) is 110 Å². The van der Waals surface area contributed by atoms with Crippen molar-refractivity contribution in [3.05, 3.63) is 40.3 Å². The van der Waals surface area contributed by atoms with Gasteiger partial charge in [-0.15, -0.1) is 21.5 Å². The van der Waals surface area contributed by atoms with Gasteiger partial charge in [-0.2, -0.15) is 0 Å². The lowest BCUT2D eigenvalue weighted by atomic mass is 10.0. The monoisotopic (exact) mass is 462 g/mol. The van der Waals surface area contributed by atoms with Gasteiger partial charge in [-0.05, 0) is 31.9 Å². The molecule has 1 fully saturated rings. The minimum atomic E-state index is -1.27. The second-order valence-corrected chi connectivity index (χ2v) is 10.6. The third-order valence-corrected chi connectivity index (χ3v) is 8.66. The number of nitrogens with zero attached hydrogens (tertiary/aromatic N) is 5. The van der Waals surface area contributed by atoms with Crippen molar-refractivity contribution >= 4 is 39.9 Å². The zero-order valence-corrected chi connectivity index (χ0v) is 18.7. The van der Waals surface area contributed by atoms with Crippen molar-refractivity contribution in [2.75, 3.05) is 12.8 Å². The summed E-state index contributed by atoms with van der Waals surface area (Å²) in [5.41, 5.74) is 6.86. The summed E-state index contributed by atoms with van der Waals surface area (Å²) in [4.78, 5) is 10.7. The lowest BCUT2D eigenvalue weighted by molar-refractivity contribution is 0.508. The zero-order valence-electron chi connectivity index (χ0n) is 16.3. The minimum absolute atomic E-state index is 0.236. The van der Waals surface area contributed by atoms with Gasteiger partial charge in [-0.3, -0.25) is 9.29 Å². The molecule has 2 N–H and O–H groups in total. The van der Waals surface area contributed by atoms with Gasteiger partial charge in [0.15, 0.2) is 0 Å². The molecule has 5 rings (SSSR count). The summed E-state index contributed by atoms with van der Waals surface area (Å²) < 4.78 is 19.7. The zero-order chi connectivity index (χ0) is 21.0. The quantitative estimate of drug-likeness (QED) is 0.634. The van der Waals surface area contributed by atoms with E-state index in [0.29, 0.717) is 28.5 Å². The first-order chi connectivity index (χ1) is 14.3. The lowest BCUT2D eigenvalue weighted by Gasteiger charge is -2.33. The van der Waals surface area contributed by atoms with Gasteiger partial charge < -0.3 is 10.2 Å². The summed E-state index contributed by atoms with van der Waals surface area (Å²) in [6.07, 6.45) is 5.67. The Morgan fingerprint density at radius 3 is 2.80 bits per heavy atom. The van der Waals surface area contributed by atoms with Crippen molar-refractivity contribution in [2.45, 2.75) is 31.2 Å². The summed E-state index contributed by atoms with van der Waals surface area (Å²) in [5.74, 6) is 2.10. The van der Waals surface area contributed by atoms with E-state index in [4.69, 9.17) is 21.8 Å². The molecule has 0 saturated heterocycles. The largest absolute Gasteiger partial charge is 0.420 e. The fourth-order valence-corrected chi connectivity index (χ4v) is 6.17. The number of rotatable bonds is 4. The van der Waals surface area contributed by atoms with Crippen LogP contribution < -0.4 is 5.73 Å². The van der Waals surface area contributed by atoms with Crippen LogP contribution in [-0.4, -0.2) is 42.5 Å². The number of thiophene rings is 1. The Kier molecular flexibility index (Phi) is 4.68. The molecule has 4 heterocycles. The molecule has 0 spiro atoms. The standard InChI is InChI=1S/C19H19ClN6O2S2/c1-19(9-30(27)26(2)18(21)23-19)15-13(20)6-14(29-15)11-5-12(8-22-7-11)17-25-24-16(28-17)10-3-4-10/h5-8,10H,3-4,9H2,1-2H3,(H2,21,23)/t19-,30?/m0/s1. The van der Waals surface area contributed by atoms with Crippen LogP contribution in [-0.2, 0) is 16.5 Å². The summed E-state index contributed by atoms with van der Waals surface area (Å²) >= 11 is 8.07. The van der Waals surface area contributed by atoms with Crippen LogP contribution >= 0.6 is 22.9 Å². The number of guanidine groups is 1. The Balaban J connectivity index is 1.49. The molecule has 0 amide bonds. The number of aliphatic imine (C=N–C) groups is 1. The van der Waals surface area contributed by atoms with Gasteiger partial charge in [-0.1, -0.05) is 11.6 Å². The second kappa shape index (κ2) is 7.14. The van der Waals surface area contributed by atoms with Crippen molar-refractivity contribution in [1.82, 2.24) is 19.5 Å². The highest BCUT2D eigenvalue weighted by Crippen LogP contribution is 2.44. The van der Waals surface area contributed by atoms with Gasteiger partial charge in [0.25, 0.3) is 0 Å². The van der Waals surface area contributed by atoms with Crippen molar-refractivity contribution in [3.63, 3.8) is 0 Å². The van der Waals surface area contributed by atoms with Gasteiger partial charge in [0, 0.05) is 35.8 Å². The highest BCUT2D eigenvalue weighted by atomic mass is 35.5. The maximum atomic E-state index is 12.4. The predicted molar refractivity (Wildman–Crippen MR) is 118 cm³/mol. The molecule has 156 valence electrons. The van der Waals surface area contributed by atoms with Crippen LogP contribution in [0.15, 0.2) is 33.9 Å². The number of hydrogen-bond acceptors (Lipinski definition) is 8. The van der Waals surface area contributed by atoms with Gasteiger partial charge in [-0.25, -0.2) is 9.20 Å². The molecule has 0 bridgehead atoms. The van der Waals surface area contributed by atoms with Crippen molar-refractivity contribution < 1.29 is 8.63 Å². The number of pyridine rings is 1. The van der Waals surface area contributed by atoms with E-state index in [1.54, 1.807) is 19.4 Å². The van der Waals surface area contributed by atoms with Crippen LogP contribution in [0.25, 0.3) is 21.9 Å². The maximum Gasteiger partial charge on any atom is 0.249 e. The van der Waals surface area contributed by atoms with E-state index in [9.17, 15) is 4.21 Å². The van der Waals surface area contributed by atoms with E-state index in [-0.39, 0.29) is 5.96 Å². The highest BCUT2D eigenvalue weighted by Gasteiger charge is 2.38. The highest BCUT2D eigenvalue weighted by molar-refractivity contribution is 7.83. The normalized spacial score (nSPS) is 24.2. The van der Waals surface area contributed by atoms with E-state index in [2.05, 4.69) is 20.2 Å². The molecule has 0 aromatic carbocycles. The van der Waals surface area contributed by atoms with E-state index in [0.717, 1.165) is 33.7 Å². The van der Waals surface area contributed by atoms with Crippen LogP contribution in [0, 0.1) is 0 Å². The second-order valence-electron chi connectivity index (χ2n) is 7.68. The van der Waals surface area contributed by atoms with E-state index >= 15 is 0 Å². The Morgan fingerprint density at radius 2 is 2.07 bits per heavy atom. The Labute approximate surface area is 184 Å². The fourth-order valence-electron chi connectivity index (χ4n) is 3.33. The van der Waals surface area contributed by atoms with E-state index in [1.807, 2.05) is 19.1 Å². The number of aromatic nitrogens is 3. The molecule has 3 aromatic rings. The van der Waals surface area contributed by atoms with Crippen LogP contribution in [0.2, 0.25) is 5.02 Å². The van der Waals surface area contributed by atoms with Gasteiger partial charge in [0.1, 0.15) is 16.5 Å². The summed E-state index contributed by atoms with van der Waals surface area (Å²) in [5, 5.41) is 8.87. The predicted octanol–water partition coefficient (Wildman–Crippen LogP) is 3.53. The Hall–Kier alpha value is -2.30. The van der Waals surface area contributed by atoms with Gasteiger partial charge in [0.05, 0.1) is 21.2 Å². The van der Waals surface area contributed by atoms with Crippen molar-refractivity contribution in [2.24, 2.45) is 10.7 Å².